The average molecular weight is 297 g/mol. The summed E-state index contributed by atoms with van der Waals surface area (Å²) in [4.78, 5) is 12.2. The van der Waals surface area contributed by atoms with E-state index < -0.39 is 5.82 Å². The largest absolute Gasteiger partial charge is 0.294 e. The number of Topliss-reactive ketones (excluding diaryl/α,β-unsaturated/α-hetero) is 1. The molecule has 2 aromatic carbocycles. The summed E-state index contributed by atoms with van der Waals surface area (Å²) in [7, 11) is 0. The van der Waals surface area contributed by atoms with Crippen molar-refractivity contribution in [2.75, 3.05) is 0 Å². The van der Waals surface area contributed by atoms with Crippen LogP contribution in [-0.4, -0.2) is 5.78 Å². The lowest BCUT2D eigenvalue weighted by atomic mass is 10.0. The van der Waals surface area contributed by atoms with Crippen LogP contribution in [0.5, 0.6) is 0 Å². The normalized spacial score (nSPS) is 10.5. The lowest BCUT2D eigenvalue weighted by Gasteiger charge is -2.08. The molecule has 0 aliphatic heterocycles. The van der Waals surface area contributed by atoms with Crippen molar-refractivity contribution in [2.45, 2.75) is 13.3 Å². The van der Waals surface area contributed by atoms with Crippen molar-refractivity contribution in [3.63, 3.8) is 0 Å². The van der Waals surface area contributed by atoms with E-state index in [1.807, 2.05) is 13.0 Å². The molecule has 0 radical (unpaired) electrons. The zero-order valence-electron chi connectivity index (χ0n) is 10.2. The van der Waals surface area contributed by atoms with E-state index in [0.29, 0.717) is 10.6 Å². The fraction of sp³-hybridized carbons (Fsp3) is 0.133. The minimum absolute atomic E-state index is 0.103. The van der Waals surface area contributed by atoms with Gasteiger partial charge in [-0.2, -0.15) is 0 Å². The minimum Gasteiger partial charge on any atom is -0.294 e. The zero-order valence-corrected chi connectivity index (χ0v) is 11.7. The van der Waals surface area contributed by atoms with Gasteiger partial charge >= 0.3 is 0 Å². The molecule has 0 heterocycles. The minimum atomic E-state index is -0.482. The monoisotopic (exact) mass is 296 g/mol. The first-order chi connectivity index (χ1) is 9.00. The van der Waals surface area contributed by atoms with E-state index >= 15 is 0 Å². The van der Waals surface area contributed by atoms with E-state index in [1.54, 1.807) is 18.2 Å². The second-order valence-corrected chi connectivity index (χ2v) is 5.02. The first kappa shape index (κ1) is 14.0. The van der Waals surface area contributed by atoms with E-state index in [-0.39, 0.29) is 22.8 Å². The Morgan fingerprint density at radius 3 is 2.53 bits per heavy atom. The highest BCUT2D eigenvalue weighted by molar-refractivity contribution is 6.35. The van der Waals surface area contributed by atoms with Crippen LogP contribution in [0.25, 0.3) is 0 Å². The standard InChI is InChI=1S/C15H11Cl2FO/c1-9-4-2-5-10(15(9)17)14(19)8-11-12(16)6-3-7-13(11)18/h2-7H,8H2,1H3. The third kappa shape index (κ3) is 2.96. The Balaban J connectivity index is 2.34. The molecule has 0 aliphatic carbocycles. The van der Waals surface area contributed by atoms with Crippen molar-refractivity contribution in [1.29, 1.82) is 0 Å². The van der Waals surface area contributed by atoms with Crippen molar-refractivity contribution in [2.24, 2.45) is 0 Å². The van der Waals surface area contributed by atoms with Crippen LogP contribution < -0.4 is 0 Å². The number of carbonyl (C=O) groups is 1. The Morgan fingerprint density at radius 1 is 1.16 bits per heavy atom. The maximum Gasteiger partial charge on any atom is 0.168 e. The van der Waals surface area contributed by atoms with E-state index in [1.165, 1.54) is 12.1 Å². The molecule has 4 heteroatoms. The Morgan fingerprint density at radius 2 is 1.84 bits per heavy atom. The quantitative estimate of drug-likeness (QED) is 0.739. The number of hydrogen-bond acceptors (Lipinski definition) is 1. The first-order valence-corrected chi connectivity index (χ1v) is 6.47. The summed E-state index contributed by atoms with van der Waals surface area (Å²) >= 11 is 12.0. The maximum atomic E-state index is 13.6. The highest BCUT2D eigenvalue weighted by atomic mass is 35.5. The van der Waals surface area contributed by atoms with Gasteiger partial charge in [-0.25, -0.2) is 4.39 Å². The van der Waals surface area contributed by atoms with Crippen LogP contribution in [0, 0.1) is 12.7 Å². The van der Waals surface area contributed by atoms with Crippen LogP contribution in [0.15, 0.2) is 36.4 Å². The molecule has 0 saturated heterocycles. The highest BCUT2D eigenvalue weighted by Gasteiger charge is 2.16. The number of benzene rings is 2. The van der Waals surface area contributed by atoms with Gasteiger partial charge in [-0.15, -0.1) is 0 Å². The smallest absolute Gasteiger partial charge is 0.168 e. The molecule has 19 heavy (non-hydrogen) atoms. The van der Waals surface area contributed by atoms with Crippen LogP contribution in [0.1, 0.15) is 21.5 Å². The van der Waals surface area contributed by atoms with Crippen molar-refractivity contribution < 1.29 is 9.18 Å². The molecule has 98 valence electrons. The van der Waals surface area contributed by atoms with Crippen LogP contribution in [0.4, 0.5) is 4.39 Å². The lowest BCUT2D eigenvalue weighted by Crippen LogP contribution is -2.07. The third-order valence-electron chi connectivity index (χ3n) is 2.89. The second-order valence-electron chi connectivity index (χ2n) is 4.24. The Kier molecular flexibility index (Phi) is 4.23. The number of halogens is 3. The van der Waals surface area contributed by atoms with Gasteiger partial charge in [0, 0.05) is 22.6 Å². The van der Waals surface area contributed by atoms with Crippen molar-refractivity contribution in [3.8, 4) is 0 Å². The van der Waals surface area contributed by atoms with Crippen molar-refractivity contribution >= 4 is 29.0 Å². The molecule has 0 N–H and O–H groups in total. The number of rotatable bonds is 3. The van der Waals surface area contributed by atoms with Gasteiger partial charge in [-0.3, -0.25) is 4.79 Å². The first-order valence-electron chi connectivity index (χ1n) is 5.72. The van der Waals surface area contributed by atoms with Gasteiger partial charge < -0.3 is 0 Å². The van der Waals surface area contributed by atoms with E-state index in [9.17, 15) is 9.18 Å². The average Bonchev–Trinajstić information content (AvgIpc) is 2.37. The molecule has 0 saturated carbocycles. The van der Waals surface area contributed by atoms with Gasteiger partial charge in [-0.05, 0) is 30.7 Å². The summed E-state index contributed by atoms with van der Waals surface area (Å²) in [6.07, 6.45) is -0.103. The van der Waals surface area contributed by atoms with Crippen molar-refractivity contribution in [1.82, 2.24) is 0 Å². The molecule has 0 amide bonds. The van der Waals surface area contributed by atoms with Gasteiger partial charge in [-0.1, -0.05) is 41.4 Å². The topological polar surface area (TPSA) is 17.1 Å². The van der Waals surface area contributed by atoms with Crippen LogP contribution in [-0.2, 0) is 6.42 Å². The third-order valence-corrected chi connectivity index (χ3v) is 3.75. The second kappa shape index (κ2) is 5.72. The fourth-order valence-corrected chi connectivity index (χ4v) is 2.28. The summed E-state index contributed by atoms with van der Waals surface area (Å²) in [5, 5.41) is 0.650. The van der Waals surface area contributed by atoms with Crippen LogP contribution in [0.3, 0.4) is 0 Å². The molecule has 2 aromatic rings. The maximum absolute atomic E-state index is 13.6. The highest BCUT2D eigenvalue weighted by Crippen LogP contribution is 2.25. The molecule has 2 rings (SSSR count). The van der Waals surface area contributed by atoms with Gasteiger partial charge in [0.2, 0.25) is 0 Å². The Hall–Kier alpha value is -1.38. The predicted octanol–water partition coefficient (Wildman–Crippen LogP) is 4.87. The molecule has 0 aromatic heterocycles. The molecular formula is C15H11Cl2FO. The molecule has 0 fully saturated rings. The van der Waals surface area contributed by atoms with Crippen LogP contribution in [0.2, 0.25) is 10.0 Å². The molecule has 0 aliphatic rings. The lowest BCUT2D eigenvalue weighted by molar-refractivity contribution is 0.0992. The molecule has 0 atom stereocenters. The zero-order chi connectivity index (χ0) is 14.0. The predicted molar refractivity (Wildman–Crippen MR) is 75.6 cm³/mol. The summed E-state index contributed by atoms with van der Waals surface area (Å²) in [5.74, 6) is -0.731. The van der Waals surface area contributed by atoms with E-state index in [2.05, 4.69) is 0 Å². The summed E-state index contributed by atoms with van der Waals surface area (Å²) in [6.45, 7) is 1.81. The van der Waals surface area contributed by atoms with Gasteiger partial charge in [0.1, 0.15) is 5.82 Å². The van der Waals surface area contributed by atoms with Gasteiger partial charge in [0.25, 0.3) is 0 Å². The molecule has 0 bridgehead atoms. The molecule has 0 spiro atoms. The fourth-order valence-electron chi connectivity index (χ4n) is 1.82. The van der Waals surface area contributed by atoms with E-state index in [4.69, 9.17) is 23.2 Å². The molecule has 1 nitrogen and oxygen atoms in total. The Bertz CT molecular complexity index is 618. The van der Waals surface area contributed by atoms with E-state index in [0.717, 1.165) is 5.56 Å². The van der Waals surface area contributed by atoms with Crippen LogP contribution >= 0.6 is 23.2 Å². The molecule has 0 unspecified atom stereocenters. The van der Waals surface area contributed by atoms with Gasteiger partial charge in [0.05, 0.1) is 5.02 Å². The number of hydrogen-bond donors (Lipinski definition) is 0. The summed E-state index contributed by atoms with van der Waals surface area (Å²) in [6, 6.07) is 9.54. The van der Waals surface area contributed by atoms with Gasteiger partial charge in [0.15, 0.2) is 5.78 Å². The SMILES string of the molecule is Cc1cccc(C(=O)Cc2c(F)cccc2Cl)c1Cl. The number of carbonyl (C=O) groups excluding carboxylic acids is 1. The van der Waals surface area contributed by atoms with Crippen molar-refractivity contribution in [3.05, 3.63) is 69.0 Å². The number of aryl methyl sites for hydroxylation is 1. The summed E-state index contributed by atoms with van der Waals surface area (Å²) < 4.78 is 13.6. The number of ketones is 1. The molecular weight excluding hydrogens is 286 g/mol. The summed E-state index contributed by atoms with van der Waals surface area (Å²) in [5.41, 5.74) is 1.40. The Labute approximate surface area is 121 Å².